The third-order valence-electron chi connectivity index (χ3n) is 8.49. The van der Waals surface area contributed by atoms with Crippen molar-refractivity contribution >= 4 is 34.1 Å². The molecular formula is C46H46N6O6. The molecule has 0 aromatic heterocycles. The fourth-order valence-corrected chi connectivity index (χ4v) is 5.25. The van der Waals surface area contributed by atoms with E-state index in [9.17, 15) is 0 Å². The smallest absolute Gasteiger partial charge is 0.119 e. The Morgan fingerprint density at radius 3 is 0.603 bits per heavy atom. The van der Waals surface area contributed by atoms with Gasteiger partial charge >= 0.3 is 0 Å². The number of unbranched alkanes of at least 4 members (excludes halogenated alkanes) is 2. The lowest BCUT2D eigenvalue weighted by Crippen LogP contribution is -2.02. The van der Waals surface area contributed by atoms with Gasteiger partial charge in [-0.1, -0.05) is 0 Å². The Hall–Kier alpha value is -7.08. The van der Waals surface area contributed by atoms with E-state index >= 15 is 0 Å². The zero-order valence-corrected chi connectivity index (χ0v) is 32.6. The zero-order valence-electron chi connectivity index (χ0n) is 32.6. The Morgan fingerprint density at radius 1 is 0.259 bits per heavy atom. The Kier molecular flexibility index (Phi) is 15.7. The summed E-state index contributed by atoms with van der Waals surface area (Å²) in [4.78, 5) is 0. The largest absolute Gasteiger partial charge is 0.497 e. The lowest BCUT2D eigenvalue weighted by molar-refractivity contribution is 0.266. The predicted molar refractivity (Wildman–Crippen MR) is 225 cm³/mol. The highest BCUT2D eigenvalue weighted by Crippen LogP contribution is 2.26. The molecule has 0 aliphatic carbocycles. The molecule has 6 rings (SSSR count). The zero-order chi connectivity index (χ0) is 40.0. The van der Waals surface area contributed by atoms with Crippen LogP contribution in [0.2, 0.25) is 0 Å². The van der Waals surface area contributed by atoms with Crippen molar-refractivity contribution in [3.63, 3.8) is 0 Å². The molecule has 0 heterocycles. The van der Waals surface area contributed by atoms with E-state index in [0.717, 1.165) is 94.3 Å². The Labute approximate surface area is 338 Å². The summed E-state index contributed by atoms with van der Waals surface area (Å²) in [6.45, 7) is 2.37. The molecule has 0 aliphatic rings. The van der Waals surface area contributed by atoms with Crippen molar-refractivity contribution in [3.05, 3.63) is 146 Å². The fraction of sp³-hybridized carbons (Fsp3) is 0.217. The molecule has 0 spiro atoms. The number of hydrogen-bond acceptors (Lipinski definition) is 12. The summed E-state index contributed by atoms with van der Waals surface area (Å²) in [7, 11) is 3.27. The van der Waals surface area contributed by atoms with Gasteiger partial charge in [-0.25, -0.2) is 0 Å². The lowest BCUT2D eigenvalue weighted by Gasteiger charge is -2.08. The number of azo groups is 3. The number of methoxy groups -OCH3 is 2. The van der Waals surface area contributed by atoms with Crippen LogP contribution in [-0.4, -0.2) is 40.6 Å². The molecule has 0 fully saturated rings. The Balaban J connectivity index is 0.796. The van der Waals surface area contributed by atoms with E-state index in [0.29, 0.717) is 26.4 Å². The highest BCUT2D eigenvalue weighted by Gasteiger charge is 2.01. The maximum absolute atomic E-state index is 5.90. The molecule has 12 heteroatoms. The van der Waals surface area contributed by atoms with Gasteiger partial charge in [-0.15, -0.1) is 0 Å². The SMILES string of the molecule is COc1ccc(N=Nc2ccc(OCCCCOc3ccc(N=Nc4ccc(OCCCCOc5ccc(N=Nc6ccc(OC)cc6)cc5)cc4)cc3)cc2)cc1. The highest BCUT2D eigenvalue weighted by molar-refractivity contribution is 5.47. The van der Waals surface area contributed by atoms with E-state index in [2.05, 4.69) is 30.7 Å². The molecule has 0 unspecified atom stereocenters. The second kappa shape index (κ2) is 22.5. The van der Waals surface area contributed by atoms with Gasteiger partial charge in [0, 0.05) is 0 Å². The van der Waals surface area contributed by atoms with Crippen LogP contribution in [-0.2, 0) is 0 Å². The molecule has 6 aromatic carbocycles. The third kappa shape index (κ3) is 13.9. The van der Waals surface area contributed by atoms with E-state index in [1.54, 1.807) is 14.2 Å². The van der Waals surface area contributed by atoms with E-state index in [1.165, 1.54) is 0 Å². The summed E-state index contributed by atoms with van der Waals surface area (Å²) in [6.07, 6.45) is 3.45. The molecule has 0 bridgehead atoms. The fourth-order valence-electron chi connectivity index (χ4n) is 5.25. The predicted octanol–water partition coefficient (Wildman–Crippen LogP) is 13.4. The highest BCUT2D eigenvalue weighted by atomic mass is 16.5. The van der Waals surface area contributed by atoms with Gasteiger partial charge in [-0.2, -0.15) is 30.7 Å². The van der Waals surface area contributed by atoms with Crippen LogP contribution in [0.15, 0.2) is 176 Å². The summed E-state index contributed by atoms with van der Waals surface area (Å²) in [5.41, 5.74) is 4.49. The first kappa shape index (κ1) is 40.6. The molecule has 296 valence electrons. The van der Waals surface area contributed by atoms with Crippen LogP contribution in [0, 0.1) is 0 Å². The standard InChI is InChI=1S/C46H46N6O6/c1-53-41-19-7-35(8-20-41)47-49-37-11-23-43(24-12-37)55-31-3-5-33-57-45-27-15-39(16-28-45)51-52-40-17-29-46(30-18-40)58-34-6-4-32-56-44-25-13-38(14-26-44)50-48-36-9-21-42(54-2)22-10-36/h7-30H,3-6,31-34H2,1-2H3. The van der Waals surface area contributed by atoms with E-state index in [4.69, 9.17) is 28.4 Å². The molecule has 0 amide bonds. The average Bonchev–Trinajstić information content (AvgIpc) is 3.28. The van der Waals surface area contributed by atoms with Crippen LogP contribution in [0.4, 0.5) is 34.1 Å². The van der Waals surface area contributed by atoms with Gasteiger partial charge in [0.2, 0.25) is 0 Å². The van der Waals surface area contributed by atoms with Crippen molar-refractivity contribution < 1.29 is 28.4 Å². The van der Waals surface area contributed by atoms with Gasteiger partial charge in [0.25, 0.3) is 0 Å². The summed E-state index contributed by atoms with van der Waals surface area (Å²) in [5, 5.41) is 25.8. The van der Waals surface area contributed by atoms with Crippen LogP contribution in [0.1, 0.15) is 25.7 Å². The summed E-state index contributed by atoms with van der Waals surface area (Å²) in [6, 6.07) is 45.1. The van der Waals surface area contributed by atoms with E-state index in [-0.39, 0.29) is 0 Å². The van der Waals surface area contributed by atoms with Gasteiger partial charge in [0.05, 0.1) is 74.8 Å². The minimum atomic E-state index is 0.591. The monoisotopic (exact) mass is 778 g/mol. The normalized spacial score (nSPS) is 11.3. The van der Waals surface area contributed by atoms with Crippen molar-refractivity contribution in [1.29, 1.82) is 0 Å². The second-order valence-electron chi connectivity index (χ2n) is 12.8. The minimum Gasteiger partial charge on any atom is -0.497 e. The quantitative estimate of drug-likeness (QED) is 0.0498. The first-order valence-electron chi connectivity index (χ1n) is 19.1. The average molecular weight is 779 g/mol. The summed E-state index contributed by atoms with van der Waals surface area (Å²) in [5.74, 6) is 4.71. The van der Waals surface area contributed by atoms with E-state index < -0.39 is 0 Å². The number of hydrogen-bond donors (Lipinski definition) is 0. The van der Waals surface area contributed by atoms with Crippen molar-refractivity contribution in [2.75, 3.05) is 40.6 Å². The molecule has 0 saturated carbocycles. The lowest BCUT2D eigenvalue weighted by atomic mass is 10.3. The molecule has 0 aliphatic heterocycles. The van der Waals surface area contributed by atoms with Crippen molar-refractivity contribution in [1.82, 2.24) is 0 Å². The molecule has 58 heavy (non-hydrogen) atoms. The maximum atomic E-state index is 5.90. The Morgan fingerprint density at radius 2 is 0.431 bits per heavy atom. The van der Waals surface area contributed by atoms with Crippen LogP contribution in [0.25, 0.3) is 0 Å². The maximum Gasteiger partial charge on any atom is 0.119 e. The van der Waals surface area contributed by atoms with Crippen LogP contribution < -0.4 is 28.4 Å². The van der Waals surface area contributed by atoms with Crippen LogP contribution >= 0.6 is 0 Å². The number of nitrogens with zero attached hydrogens (tertiary/aromatic N) is 6. The summed E-state index contributed by atoms with van der Waals surface area (Å²) >= 11 is 0. The summed E-state index contributed by atoms with van der Waals surface area (Å²) < 4.78 is 33.9. The number of rotatable bonds is 22. The molecule has 0 radical (unpaired) electrons. The molecular weight excluding hydrogens is 733 g/mol. The first-order valence-corrected chi connectivity index (χ1v) is 19.1. The van der Waals surface area contributed by atoms with E-state index in [1.807, 2.05) is 146 Å². The van der Waals surface area contributed by atoms with Crippen molar-refractivity contribution in [3.8, 4) is 34.5 Å². The van der Waals surface area contributed by atoms with Crippen LogP contribution in [0.5, 0.6) is 34.5 Å². The number of ether oxygens (including phenoxy) is 6. The van der Waals surface area contributed by atoms with Crippen molar-refractivity contribution in [2.45, 2.75) is 25.7 Å². The number of benzene rings is 6. The van der Waals surface area contributed by atoms with Gasteiger partial charge in [-0.3, -0.25) is 0 Å². The van der Waals surface area contributed by atoms with Gasteiger partial charge in [0.15, 0.2) is 0 Å². The Bertz CT molecular complexity index is 2020. The second-order valence-corrected chi connectivity index (χ2v) is 12.8. The van der Waals surface area contributed by atoms with Gasteiger partial charge in [0.1, 0.15) is 34.5 Å². The molecule has 0 atom stereocenters. The first-order chi connectivity index (χ1) is 28.6. The minimum absolute atomic E-state index is 0.591. The third-order valence-corrected chi connectivity index (χ3v) is 8.49. The van der Waals surface area contributed by atoms with Gasteiger partial charge in [-0.05, 0) is 171 Å². The van der Waals surface area contributed by atoms with Crippen molar-refractivity contribution in [2.24, 2.45) is 30.7 Å². The molecule has 6 aromatic rings. The van der Waals surface area contributed by atoms with Gasteiger partial charge < -0.3 is 28.4 Å². The topological polar surface area (TPSA) is 130 Å². The molecule has 0 saturated heterocycles. The van der Waals surface area contributed by atoms with Crippen LogP contribution in [0.3, 0.4) is 0 Å². The molecule has 0 N–H and O–H groups in total. The molecule has 12 nitrogen and oxygen atoms in total.